The maximum absolute atomic E-state index is 13.4. The molecule has 23 heavy (non-hydrogen) atoms. The van der Waals surface area contributed by atoms with Gasteiger partial charge in [0.2, 0.25) is 0 Å². The molecule has 2 aromatic carbocycles. The topological polar surface area (TPSA) is 69.4 Å². The summed E-state index contributed by atoms with van der Waals surface area (Å²) in [5, 5.41) is 7.50. The Hall–Kier alpha value is -2.93. The first-order valence-electron chi connectivity index (χ1n) is 6.79. The van der Waals surface area contributed by atoms with Crippen LogP contribution in [0, 0.1) is 5.82 Å². The third kappa shape index (κ3) is 3.29. The zero-order valence-corrected chi connectivity index (χ0v) is 12.4. The molecule has 0 fully saturated rings. The number of ether oxygens (including phenoxy) is 1. The summed E-state index contributed by atoms with van der Waals surface area (Å²) >= 11 is 0. The summed E-state index contributed by atoms with van der Waals surface area (Å²) in [4.78, 5) is 5.40. The first-order valence-corrected chi connectivity index (χ1v) is 6.79. The molecule has 0 unspecified atom stereocenters. The van der Waals surface area contributed by atoms with Crippen molar-refractivity contribution in [2.45, 2.75) is 6.61 Å². The van der Waals surface area contributed by atoms with E-state index in [2.05, 4.69) is 27.0 Å². The van der Waals surface area contributed by atoms with Crippen molar-refractivity contribution in [1.29, 1.82) is 0 Å². The molecule has 0 aliphatic carbocycles. The Morgan fingerprint density at radius 3 is 2.87 bits per heavy atom. The van der Waals surface area contributed by atoms with E-state index in [9.17, 15) is 4.39 Å². The number of hydrogen-bond acceptors (Lipinski definition) is 6. The van der Waals surface area contributed by atoms with Crippen molar-refractivity contribution < 1.29 is 18.6 Å². The van der Waals surface area contributed by atoms with Crippen molar-refractivity contribution in [1.82, 2.24) is 15.8 Å². The Labute approximate surface area is 131 Å². The lowest BCUT2D eigenvalue weighted by atomic mass is 10.1. The first kappa shape index (κ1) is 15.0. The summed E-state index contributed by atoms with van der Waals surface area (Å²) in [5.41, 5.74) is 6.13. The van der Waals surface area contributed by atoms with Crippen LogP contribution >= 0.6 is 0 Å². The quantitative estimate of drug-likeness (QED) is 0.705. The van der Waals surface area contributed by atoms with Crippen LogP contribution in [0.4, 0.5) is 4.39 Å². The average Bonchev–Trinajstić information content (AvgIpc) is 3.03. The van der Waals surface area contributed by atoms with Crippen molar-refractivity contribution in [3.8, 4) is 5.75 Å². The minimum absolute atomic E-state index is 0.148. The predicted octanol–water partition coefficient (Wildman–Crippen LogP) is 3.06. The lowest BCUT2D eigenvalue weighted by Gasteiger charge is -2.11. The van der Waals surface area contributed by atoms with Gasteiger partial charge in [-0.05, 0) is 46.2 Å². The van der Waals surface area contributed by atoms with E-state index in [1.807, 2.05) is 12.1 Å². The monoisotopic (exact) mass is 315 g/mol. The van der Waals surface area contributed by atoms with Crippen LogP contribution in [-0.4, -0.2) is 17.4 Å². The number of nitrogens with zero attached hydrogens (tertiary/aromatic N) is 2. The molecule has 0 spiro atoms. The highest BCUT2D eigenvalue weighted by molar-refractivity contribution is 5.73. The van der Waals surface area contributed by atoms with Crippen LogP contribution in [0.5, 0.6) is 5.75 Å². The molecule has 0 aliphatic rings. The molecule has 0 saturated heterocycles. The van der Waals surface area contributed by atoms with Crippen LogP contribution in [0.2, 0.25) is 0 Å². The molecule has 3 rings (SSSR count). The van der Waals surface area contributed by atoms with Gasteiger partial charge in [-0.15, -0.1) is 0 Å². The van der Waals surface area contributed by atoms with E-state index < -0.39 is 5.82 Å². The van der Waals surface area contributed by atoms with E-state index in [1.54, 1.807) is 18.2 Å². The van der Waals surface area contributed by atoms with Crippen LogP contribution < -0.4 is 10.2 Å². The Kier molecular flexibility index (Phi) is 4.20. The molecule has 0 bridgehead atoms. The number of rotatable bonds is 6. The van der Waals surface area contributed by atoms with Gasteiger partial charge in [-0.25, -0.2) is 9.02 Å². The lowest BCUT2D eigenvalue weighted by Crippen LogP contribution is -2.12. The van der Waals surface area contributed by atoms with Crippen LogP contribution in [-0.2, 0) is 11.4 Å². The van der Waals surface area contributed by atoms with Crippen molar-refractivity contribution in [3.05, 3.63) is 59.9 Å². The number of halogens is 1. The molecule has 0 aliphatic heterocycles. The number of hydroxylamine groups is 1. The largest absolute Gasteiger partial charge is 0.494 e. The molecule has 0 radical (unpaired) electrons. The number of aromatic nitrogens is 2. The summed E-state index contributed by atoms with van der Waals surface area (Å²) in [6.07, 6.45) is 0. The van der Waals surface area contributed by atoms with Gasteiger partial charge in [-0.3, -0.25) is 10.3 Å². The van der Waals surface area contributed by atoms with Crippen LogP contribution in [0.3, 0.4) is 0 Å². The SMILES string of the molecule is C=C(NOCc1ccc2nonc2c1)c1ccc(F)c(OC)c1. The molecule has 1 N–H and O–H groups in total. The predicted molar refractivity (Wildman–Crippen MR) is 81.7 cm³/mol. The number of hydrogen-bond donors (Lipinski definition) is 1. The summed E-state index contributed by atoms with van der Waals surface area (Å²) in [6.45, 7) is 4.14. The van der Waals surface area contributed by atoms with Gasteiger partial charge in [0, 0.05) is 5.56 Å². The van der Waals surface area contributed by atoms with Gasteiger partial charge in [0.25, 0.3) is 0 Å². The zero-order valence-electron chi connectivity index (χ0n) is 12.4. The Morgan fingerprint density at radius 2 is 2.04 bits per heavy atom. The zero-order chi connectivity index (χ0) is 16.2. The van der Waals surface area contributed by atoms with Crippen LogP contribution in [0.25, 0.3) is 16.7 Å². The van der Waals surface area contributed by atoms with E-state index in [0.717, 1.165) is 5.56 Å². The third-order valence-corrected chi connectivity index (χ3v) is 3.25. The molecular formula is C16H14FN3O3. The molecule has 118 valence electrons. The average molecular weight is 315 g/mol. The highest BCUT2D eigenvalue weighted by atomic mass is 19.1. The Balaban J connectivity index is 1.60. The molecule has 0 saturated carbocycles. The summed E-state index contributed by atoms with van der Waals surface area (Å²) in [6, 6.07) is 9.91. The molecular weight excluding hydrogens is 301 g/mol. The first-order chi connectivity index (χ1) is 11.2. The van der Waals surface area contributed by atoms with Gasteiger partial charge >= 0.3 is 0 Å². The van der Waals surface area contributed by atoms with Crippen molar-refractivity contribution in [2.24, 2.45) is 0 Å². The second-order valence-electron chi connectivity index (χ2n) is 4.81. The molecule has 1 heterocycles. The minimum atomic E-state index is -0.431. The fourth-order valence-corrected chi connectivity index (χ4v) is 2.03. The Morgan fingerprint density at radius 1 is 1.22 bits per heavy atom. The molecule has 0 amide bonds. The van der Waals surface area contributed by atoms with Gasteiger partial charge < -0.3 is 4.74 Å². The second-order valence-corrected chi connectivity index (χ2v) is 4.81. The maximum atomic E-state index is 13.4. The lowest BCUT2D eigenvalue weighted by molar-refractivity contribution is 0.0648. The van der Waals surface area contributed by atoms with Crippen molar-refractivity contribution >= 4 is 16.7 Å². The smallest absolute Gasteiger partial charge is 0.165 e. The maximum Gasteiger partial charge on any atom is 0.165 e. The molecule has 6 nitrogen and oxygen atoms in total. The van der Waals surface area contributed by atoms with Gasteiger partial charge in [0.1, 0.15) is 11.0 Å². The van der Waals surface area contributed by atoms with E-state index in [0.29, 0.717) is 28.9 Å². The minimum Gasteiger partial charge on any atom is -0.494 e. The summed E-state index contributed by atoms with van der Waals surface area (Å²) < 4.78 is 23.0. The number of nitrogens with one attached hydrogen (secondary N) is 1. The van der Waals surface area contributed by atoms with Crippen molar-refractivity contribution in [3.63, 3.8) is 0 Å². The number of methoxy groups -OCH3 is 1. The normalized spacial score (nSPS) is 10.7. The summed E-state index contributed by atoms with van der Waals surface area (Å²) in [5.74, 6) is -0.283. The van der Waals surface area contributed by atoms with E-state index in [1.165, 1.54) is 13.2 Å². The van der Waals surface area contributed by atoms with Crippen molar-refractivity contribution in [2.75, 3.05) is 7.11 Å². The van der Waals surface area contributed by atoms with Gasteiger partial charge in [0.05, 0.1) is 19.4 Å². The van der Waals surface area contributed by atoms with E-state index in [4.69, 9.17) is 9.57 Å². The fourth-order valence-electron chi connectivity index (χ4n) is 2.03. The van der Waals surface area contributed by atoms with E-state index in [-0.39, 0.29) is 5.75 Å². The van der Waals surface area contributed by atoms with E-state index >= 15 is 0 Å². The molecule has 1 aromatic heterocycles. The Bertz CT molecular complexity index is 847. The standard InChI is InChI=1S/C16H14FN3O3/c1-10(12-4-5-13(17)16(8-12)21-2)18-22-9-11-3-6-14-15(7-11)20-23-19-14/h3-8,18H,1,9H2,2H3. The molecule has 3 aromatic rings. The molecule has 0 atom stereocenters. The second kappa shape index (κ2) is 6.45. The molecule has 7 heteroatoms. The number of fused-ring (bicyclic) bond motifs is 1. The number of benzene rings is 2. The highest BCUT2D eigenvalue weighted by Crippen LogP contribution is 2.21. The van der Waals surface area contributed by atoms with Gasteiger partial charge in [-0.2, -0.15) is 0 Å². The fraction of sp³-hybridized carbons (Fsp3) is 0.125. The van der Waals surface area contributed by atoms with Gasteiger partial charge in [0.15, 0.2) is 11.6 Å². The highest BCUT2D eigenvalue weighted by Gasteiger charge is 2.07. The van der Waals surface area contributed by atoms with Crippen LogP contribution in [0.1, 0.15) is 11.1 Å². The third-order valence-electron chi connectivity index (χ3n) is 3.25. The van der Waals surface area contributed by atoms with Gasteiger partial charge in [-0.1, -0.05) is 12.6 Å². The van der Waals surface area contributed by atoms with Crippen LogP contribution in [0.15, 0.2) is 47.6 Å². The summed E-state index contributed by atoms with van der Waals surface area (Å²) in [7, 11) is 1.41.